The lowest BCUT2D eigenvalue weighted by Crippen LogP contribution is -2.26. The molecule has 25 heavy (non-hydrogen) atoms. The number of sulfonamides is 1. The Kier molecular flexibility index (Phi) is 6.99. The highest BCUT2D eigenvalue weighted by Gasteiger charge is 2.15. The lowest BCUT2D eigenvalue weighted by Gasteiger charge is -2.09. The monoisotopic (exact) mass is 380 g/mol. The lowest BCUT2D eigenvalue weighted by atomic mass is 10.2. The number of hydrogen-bond acceptors (Lipinski definition) is 3. The van der Waals surface area contributed by atoms with Gasteiger partial charge in [-0.3, -0.25) is 4.79 Å². The third kappa shape index (κ3) is 5.85. The van der Waals surface area contributed by atoms with Gasteiger partial charge in [-0.25, -0.2) is 13.1 Å². The van der Waals surface area contributed by atoms with E-state index in [1.165, 1.54) is 12.1 Å². The Morgan fingerprint density at radius 2 is 1.84 bits per heavy atom. The molecule has 0 spiro atoms. The first-order valence-corrected chi connectivity index (χ1v) is 9.91. The first-order chi connectivity index (χ1) is 11.9. The number of unbranched alkanes of at least 4 members (excludes halogenated alkanes) is 1. The first-order valence-electron chi connectivity index (χ1n) is 8.05. The highest BCUT2D eigenvalue weighted by Crippen LogP contribution is 2.13. The Bertz CT molecular complexity index is 820. The van der Waals surface area contributed by atoms with Gasteiger partial charge in [-0.1, -0.05) is 43.1 Å². The molecule has 1 amide bonds. The fourth-order valence-corrected chi connectivity index (χ4v) is 3.40. The number of halogens is 1. The summed E-state index contributed by atoms with van der Waals surface area (Å²) in [6, 6.07) is 13.1. The molecular formula is C18H21ClN2O3S. The second-order valence-corrected chi connectivity index (χ2v) is 7.79. The minimum Gasteiger partial charge on any atom is -0.348 e. The SMILES string of the molecule is CCCCNS(=O)(=O)c1cccc(C(=O)NCc2ccc(Cl)cc2)c1. The zero-order chi connectivity index (χ0) is 18.3. The van der Waals surface area contributed by atoms with E-state index in [0.717, 1.165) is 18.4 Å². The molecule has 2 aromatic rings. The van der Waals surface area contributed by atoms with E-state index < -0.39 is 10.0 Å². The molecule has 0 fully saturated rings. The average Bonchev–Trinajstić information content (AvgIpc) is 2.61. The van der Waals surface area contributed by atoms with Crippen molar-refractivity contribution >= 4 is 27.5 Å². The number of amides is 1. The molecule has 5 nitrogen and oxygen atoms in total. The van der Waals surface area contributed by atoms with Gasteiger partial charge in [0.1, 0.15) is 0 Å². The molecule has 0 unspecified atom stereocenters. The van der Waals surface area contributed by atoms with Gasteiger partial charge in [-0.15, -0.1) is 0 Å². The summed E-state index contributed by atoms with van der Waals surface area (Å²) < 4.78 is 27.0. The van der Waals surface area contributed by atoms with E-state index in [0.29, 0.717) is 23.7 Å². The maximum atomic E-state index is 12.3. The van der Waals surface area contributed by atoms with Gasteiger partial charge in [0.25, 0.3) is 5.91 Å². The van der Waals surface area contributed by atoms with Crippen molar-refractivity contribution in [3.8, 4) is 0 Å². The molecule has 2 rings (SSSR count). The van der Waals surface area contributed by atoms with Crippen LogP contribution < -0.4 is 10.0 Å². The van der Waals surface area contributed by atoms with E-state index in [1.807, 2.05) is 19.1 Å². The Balaban J connectivity index is 2.04. The molecule has 0 aliphatic carbocycles. The Hall–Kier alpha value is -1.89. The molecule has 0 heterocycles. The van der Waals surface area contributed by atoms with Crippen LogP contribution >= 0.6 is 11.6 Å². The molecular weight excluding hydrogens is 360 g/mol. The van der Waals surface area contributed by atoms with Crippen molar-refractivity contribution < 1.29 is 13.2 Å². The van der Waals surface area contributed by atoms with Crippen LogP contribution in [-0.2, 0) is 16.6 Å². The molecule has 0 saturated carbocycles. The lowest BCUT2D eigenvalue weighted by molar-refractivity contribution is 0.0950. The standard InChI is InChI=1S/C18H21ClN2O3S/c1-2-3-11-21-25(23,24)17-6-4-5-15(12-17)18(22)20-13-14-7-9-16(19)10-8-14/h4-10,12,21H,2-3,11,13H2,1H3,(H,20,22). The van der Waals surface area contributed by atoms with Crippen LogP contribution in [0.5, 0.6) is 0 Å². The van der Waals surface area contributed by atoms with E-state index in [-0.39, 0.29) is 10.8 Å². The fraction of sp³-hybridized carbons (Fsp3) is 0.278. The number of hydrogen-bond donors (Lipinski definition) is 2. The van der Waals surface area contributed by atoms with Gasteiger partial charge >= 0.3 is 0 Å². The molecule has 0 radical (unpaired) electrons. The number of carbonyl (C=O) groups excluding carboxylic acids is 1. The van der Waals surface area contributed by atoms with E-state index in [9.17, 15) is 13.2 Å². The maximum Gasteiger partial charge on any atom is 0.251 e. The van der Waals surface area contributed by atoms with Crippen molar-refractivity contribution in [3.63, 3.8) is 0 Å². The second-order valence-electron chi connectivity index (χ2n) is 5.59. The fourth-order valence-electron chi connectivity index (χ4n) is 2.16. The van der Waals surface area contributed by atoms with Crippen LogP contribution in [0.15, 0.2) is 53.4 Å². The van der Waals surface area contributed by atoms with Crippen LogP contribution in [0.2, 0.25) is 5.02 Å². The van der Waals surface area contributed by atoms with Gasteiger partial charge in [0.15, 0.2) is 0 Å². The Labute approximate surface area is 153 Å². The predicted molar refractivity (Wildman–Crippen MR) is 99.2 cm³/mol. The average molecular weight is 381 g/mol. The minimum absolute atomic E-state index is 0.0859. The normalized spacial score (nSPS) is 11.3. The van der Waals surface area contributed by atoms with E-state index >= 15 is 0 Å². The predicted octanol–water partition coefficient (Wildman–Crippen LogP) is 3.35. The summed E-state index contributed by atoms with van der Waals surface area (Å²) >= 11 is 5.83. The summed E-state index contributed by atoms with van der Waals surface area (Å²) in [5.41, 5.74) is 1.20. The van der Waals surface area contributed by atoms with Crippen molar-refractivity contribution in [2.24, 2.45) is 0 Å². The minimum atomic E-state index is -3.61. The van der Waals surface area contributed by atoms with Crippen molar-refractivity contribution in [1.82, 2.24) is 10.0 Å². The molecule has 0 aliphatic heterocycles. The highest BCUT2D eigenvalue weighted by atomic mass is 35.5. The van der Waals surface area contributed by atoms with Crippen LogP contribution in [-0.4, -0.2) is 20.9 Å². The maximum absolute atomic E-state index is 12.3. The molecule has 0 saturated heterocycles. The van der Waals surface area contributed by atoms with Crippen molar-refractivity contribution in [2.75, 3.05) is 6.54 Å². The van der Waals surface area contributed by atoms with Gasteiger partial charge in [-0.2, -0.15) is 0 Å². The van der Waals surface area contributed by atoms with Crippen LogP contribution in [0.3, 0.4) is 0 Å². The third-order valence-corrected chi connectivity index (χ3v) is 5.31. The number of carbonyl (C=O) groups is 1. The molecule has 0 aliphatic rings. The zero-order valence-corrected chi connectivity index (χ0v) is 15.5. The quantitative estimate of drug-likeness (QED) is 0.689. The van der Waals surface area contributed by atoms with E-state index in [1.54, 1.807) is 24.3 Å². The van der Waals surface area contributed by atoms with Crippen LogP contribution in [0.1, 0.15) is 35.7 Å². The van der Waals surface area contributed by atoms with Gasteiger partial charge in [0, 0.05) is 23.7 Å². The third-order valence-electron chi connectivity index (χ3n) is 3.60. The number of rotatable bonds is 8. The Morgan fingerprint density at radius 1 is 1.12 bits per heavy atom. The van der Waals surface area contributed by atoms with Crippen LogP contribution in [0, 0.1) is 0 Å². The number of benzene rings is 2. The Morgan fingerprint density at radius 3 is 2.52 bits per heavy atom. The summed E-state index contributed by atoms with van der Waals surface area (Å²) in [6.45, 7) is 2.70. The summed E-state index contributed by atoms with van der Waals surface area (Å²) in [5, 5.41) is 3.40. The van der Waals surface area contributed by atoms with Gasteiger partial charge < -0.3 is 5.32 Å². The first kappa shape index (κ1) is 19.4. The molecule has 134 valence electrons. The summed E-state index contributed by atoms with van der Waals surface area (Å²) in [5.74, 6) is -0.333. The highest BCUT2D eigenvalue weighted by molar-refractivity contribution is 7.89. The summed E-state index contributed by atoms with van der Waals surface area (Å²) in [7, 11) is -3.61. The topological polar surface area (TPSA) is 75.3 Å². The van der Waals surface area contributed by atoms with Crippen molar-refractivity contribution in [2.45, 2.75) is 31.2 Å². The number of nitrogens with one attached hydrogen (secondary N) is 2. The molecule has 2 N–H and O–H groups in total. The largest absolute Gasteiger partial charge is 0.348 e. The molecule has 0 bridgehead atoms. The summed E-state index contributed by atoms with van der Waals surface area (Å²) in [4.78, 5) is 12.4. The summed E-state index contributed by atoms with van der Waals surface area (Å²) in [6.07, 6.45) is 1.66. The van der Waals surface area contributed by atoms with Crippen molar-refractivity contribution in [3.05, 3.63) is 64.7 Å². The zero-order valence-electron chi connectivity index (χ0n) is 14.0. The smallest absolute Gasteiger partial charge is 0.251 e. The molecule has 0 atom stereocenters. The second kappa shape index (κ2) is 8.99. The van der Waals surface area contributed by atoms with Gasteiger partial charge in [-0.05, 0) is 42.3 Å². The van der Waals surface area contributed by atoms with Crippen LogP contribution in [0.4, 0.5) is 0 Å². The van der Waals surface area contributed by atoms with E-state index in [4.69, 9.17) is 11.6 Å². The molecule has 2 aromatic carbocycles. The van der Waals surface area contributed by atoms with Crippen molar-refractivity contribution in [1.29, 1.82) is 0 Å². The molecule has 7 heteroatoms. The van der Waals surface area contributed by atoms with E-state index in [2.05, 4.69) is 10.0 Å². The van der Waals surface area contributed by atoms with Gasteiger partial charge in [0.05, 0.1) is 4.90 Å². The molecule has 0 aromatic heterocycles. The van der Waals surface area contributed by atoms with Gasteiger partial charge in [0.2, 0.25) is 10.0 Å². The van der Waals surface area contributed by atoms with Crippen LogP contribution in [0.25, 0.3) is 0 Å².